The fraction of sp³-hybridized carbons (Fsp3) is 0.857. The van der Waals surface area contributed by atoms with Crippen LogP contribution in [0.25, 0.3) is 0 Å². The summed E-state index contributed by atoms with van der Waals surface area (Å²) in [6, 6.07) is 0. The Balaban J connectivity index is 1.86. The maximum atomic E-state index is 12.0. The van der Waals surface area contributed by atoms with Gasteiger partial charge in [0.05, 0.1) is 25.0 Å². The van der Waals surface area contributed by atoms with Crippen molar-refractivity contribution in [2.24, 2.45) is 11.8 Å². The van der Waals surface area contributed by atoms with E-state index in [0.717, 1.165) is 32.1 Å². The van der Waals surface area contributed by atoms with E-state index in [-0.39, 0.29) is 29.9 Å². The Morgan fingerprint density at radius 3 is 2.21 bits per heavy atom. The summed E-state index contributed by atoms with van der Waals surface area (Å²) in [5, 5.41) is 0. The molecule has 1 saturated carbocycles. The van der Waals surface area contributed by atoms with E-state index in [2.05, 4.69) is 0 Å². The summed E-state index contributed by atoms with van der Waals surface area (Å²) >= 11 is 0. The molecule has 1 aliphatic carbocycles. The van der Waals surface area contributed by atoms with Gasteiger partial charge in [-0.3, -0.25) is 9.59 Å². The standard InChI is InChI=1S/C14H22O5/c1-2-7-17-13(15)11-5-3-4-6-12(11)14(16)19-9-10-8-18-10/h10-12H,2-9H2,1H3. The smallest absolute Gasteiger partial charge is 0.309 e. The average molecular weight is 270 g/mol. The van der Waals surface area contributed by atoms with Crippen LogP contribution in [0.4, 0.5) is 0 Å². The Hall–Kier alpha value is -1.10. The molecule has 1 saturated heterocycles. The van der Waals surface area contributed by atoms with E-state index in [1.165, 1.54) is 0 Å². The molecule has 3 unspecified atom stereocenters. The van der Waals surface area contributed by atoms with Gasteiger partial charge in [0, 0.05) is 0 Å². The molecular weight excluding hydrogens is 248 g/mol. The predicted octanol–water partition coefficient (Wildman–Crippen LogP) is 1.69. The lowest BCUT2D eigenvalue weighted by Crippen LogP contribution is -2.35. The number of hydrogen-bond donors (Lipinski definition) is 0. The van der Waals surface area contributed by atoms with Crippen LogP contribution in [0.15, 0.2) is 0 Å². The lowest BCUT2D eigenvalue weighted by molar-refractivity contribution is -0.163. The molecule has 2 fully saturated rings. The van der Waals surface area contributed by atoms with Crippen LogP contribution >= 0.6 is 0 Å². The van der Waals surface area contributed by atoms with Gasteiger partial charge < -0.3 is 14.2 Å². The number of epoxide rings is 1. The highest BCUT2D eigenvalue weighted by atomic mass is 16.6. The molecular formula is C14H22O5. The van der Waals surface area contributed by atoms with E-state index in [1.54, 1.807) is 0 Å². The quantitative estimate of drug-likeness (QED) is 0.543. The molecule has 3 atom stereocenters. The van der Waals surface area contributed by atoms with Crippen LogP contribution in [0, 0.1) is 11.8 Å². The Morgan fingerprint density at radius 2 is 1.68 bits per heavy atom. The normalized spacial score (nSPS) is 29.6. The van der Waals surface area contributed by atoms with Crippen molar-refractivity contribution in [3.05, 3.63) is 0 Å². The first kappa shape index (κ1) is 14.3. The van der Waals surface area contributed by atoms with E-state index >= 15 is 0 Å². The van der Waals surface area contributed by atoms with Crippen LogP contribution in [0.1, 0.15) is 39.0 Å². The highest BCUT2D eigenvalue weighted by Crippen LogP contribution is 2.32. The van der Waals surface area contributed by atoms with Crippen molar-refractivity contribution in [1.82, 2.24) is 0 Å². The first-order valence-corrected chi connectivity index (χ1v) is 7.17. The van der Waals surface area contributed by atoms with Crippen molar-refractivity contribution in [3.8, 4) is 0 Å². The molecule has 0 aromatic heterocycles. The number of rotatable bonds is 6. The van der Waals surface area contributed by atoms with E-state index in [1.807, 2.05) is 6.92 Å². The van der Waals surface area contributed by atoms with Crippen molar-refractivity contribution >= 4 is 11.9 Å². The summed E-state index contributed by atoms with van der Waals surface area (Å²) in [6.45, 7) is 3.36. The van der Waals surface area contributed by atoms with Crippen LogP contribution in [0.3, 0.4) is 0 Å². The zero-order valence-corrected chi connectivity index (χ0v) is 11.4. The van der Waals surface area contributed by atoms with Gasteiger partial charge in [0.15, 0.2) is 0 Å². The number of ether oxygens (including phenoxy) is 3. The van der Waals surface area contributed by atoms with Gasteiger partial charge in [-0.25, -0.2) is 0 Å². The highest BCUT2D eigenvalue weighted by molar-refractivity contribution is 5.82. The number of carbonyl (C=O) groups excluding carboxylic acids is 2. The van der Waals surface area contributed by atoms with Crippen LogP contribution in [0.5, 0.6) is 0 Å². The summed E-state index contributed by atoms with van der Waals surface area (Å²) in [7, 11) is 0. The molecule has 5 heteroatoms. The van der Waals surface area contributed by atoms with Gasteiger partial charge in [0.2, 0.25) is 0 Å². The SMILES string of the molecule is CCCOC(=O)C1CCCCC1C(=O)OCC1CO1. The Labute approximate surface area is 113 Å². The van der Waals surface area contributed by atoms with Crippen molar-refractivity contribution in [3.63, 3.8) is 0 Å². The second-order valence-corrected chi connectivity index (χ2v) is 5.25. The van der Waals surface area contributed by atoms with Crippen LogP contribution in [0.2, 0.25) is 0 Å². The molecule has 1 heterocycles. The summed E-state index contributed by atoms with van der Waals surface area (Å²) in [6.07, 6.45) is 4.25. The lowest BCUT2D eigenvalue weighted by atomic mass is 9.79. The lowest BCUT2D eigenvalue weighted by Gasteiger charge is -2.28. The summed E-state index contributed by atoms with van der Waals surface area (Å²) in [4.78, 5) is 24.0. The van der Waals surface area contributed by atoms with Crippen molar-refractivity contribution < 1.29 is 23.8 Å². The van der Waals surface area contributed by atoms with E-state index in [9.17, 15) is 9.59 Å². The number of hydrogen-bond acceptors (Lipinski definition) is 5. The van der Waals surface area contributed by atoms with Crippen molar-refractivity contribution in [1.29, 1.82) is 0 Å². The van der Waals surface area contributed by atoms with Crippen molar-refractivity contribution in [2.75, 3.05) is 19.8 Å². The molecule has 2 aliphatic rings. The molecule has 19 heavy (non-hydrogen) atoms. The third-order valence-corrected chi connectivity index (χ3v) is 3.63. The van der Waals surface area contributed by atoms with Gasteiger partial charge in [-0.2, -0.15) is 0 Å². The minimum atomic E-state index is -0.336. The fourth-order valence-corrected chi connectivity index (χ4v) is 2.45. The maximum Gasteiger partial charge on any atom is 0.309 e. The second-order valence-electron chi connectivity index (χ2n) is 5.25. The molecule has 0 radical (unpaired) electrons. The van der Waals surface area contributed by atoms with Gasteiger partial charge in [-0.05, 0) is 19.3 Å². The van der Waals surface area contributed by atoms with Crippen LogP contribution in [-0.4, -0.2) is 37.9 Å². The first-order valence-electron chi connectivity index (χ1n) is 7.17. The Kier molecular flexibility index (Phi) is 5.19. The van der Waals surface area contributed by atoms with Crippen LogP contribution in [-0.2, 0) is 23.8 Å². The topological polar surface area (TPSA) is 65.1 Å². The molecule has 2 rings (SSSR count). The van der Waals surface area contributed by atoms with E-state index < -0.39 is 0 Å². The van der Waals surface area contributed by atoms with Gasteiger partial charge in [0.25, 0.3) is 0 Å². The molecule has 108 valence electrons. The summed E-state index contributed by atoms with van der Waals surface area (Å²) in [5.41, 5.74) is 0. The average Bonchev–Trinajstić information content (AvgIpc) is 3.26. The summed E-state index contributed by atoms with van der Waals surface area (Å²) < 4.78 is 15.4. The zero-order valence-electron chi connectivity index (χ0n) is 11.4. The Morgan fingerprint density at radius 1 is 1.11 bits per heavy atom. The molecule has 0 bridgehead atoms. The van der Waals surface area contributed by atoms with Gasteiger partial charge >= 0.3 is 11.9 Å². The zero-order chi connectivity index (χ0) is 13.7. The fourth-order valence-electron chi connectivity index (χ4n) is 2.45. The first-order chi connectivity index (χ1) is 9.22. The van der Waals surface area contributed by atoms with E-state index in [4.69, 9.17) is 14.2 Å². The largest absolute Gasteiger partial charge is 0.465 e. The minimum Gasteiger partial charge on any atom is -0.465 e. The molecule has 0 aromatic rings. The number of esters is 2. The Bertz CT molecular complexity index is 324. The molecule has 0 aromatic carbocycles. The van der Waals surface area contributed by atoms with E-state index in [0.29, 0.717) is 19.8 Å². The van der Waals surface area contributed by atoms with Gasteiger partial charge in [-0.15, -0.1) is 0 Å². The van der Waals surface area contributed by atoms with Crippen LogP contribution < -0.4 is 0 Å². The molecule has 0 amide bonds. The minimum absolute atomic E-state index is 0.0676. The van der Waals surface area contributed by atoms with Gasteiger partial charge in [-0.1, -0.05) is 19.8 Å². The monoisotopic (exact) mass is 270 g/mol. The molecule has 1 aliphatic heterocycles. The second kappa shape index (κ2) is 6.89. The predicted molar refractivity (Wildman–Crippen MR) is 67.4 cm³/mol. The molecule has 0 spiro atoms. The molecule has 0 N–H and O–H groups in total. The molecule has 5 nitrogen and oxygen atoms in total. The third-order valence-electron chi connectivity index (χ3n) is 3.63. The highest BCUT2D eigenvalue weighted by Gasteiger charge is 2.38. The van der Waals surface area contributed by atoms with Gasteiger partial charge in [0.1, 0.15) is 12.7 Å². The summed E-state index contributed by atoms with van der Waals surface area (Å²) in [5.74, 6) is -1.18. The third kappa shape index (κ3) is 4.20. The number of carbonyl (C=O) groups is 2. The van der Waals surface area contributed by atoms with Crippen molar-refractivity contribution in [2.45, 2.75) is 45.1 Å². The maximum absolute atomic E-state index is 12.0.